The predicted octanol–water partition coefficient (Wildman–Crippen LogP) is 1.76. The summed E-state index contributed by atoms with van der Waals surface area (Å²) in [6.45, 7) is 1.69. The van der Waals surface area contributed by atoms with Crippen molar-refractivity contribution in [3.05, 3.63) is 53.5 Å². The number of anilines is 1. The Balaban J connectivity index is 1.80. The molecule has 1 aromatic carbocycles. The first-order chi connectivity index (χ1) is 12.9. The molecule has 0 saturated heterocycles. The molecule has 3 rings (SSSR count). The van der Waals surface area contributed by atoms with Crippen molar-refractivity contribution < 1.29 is 14.7 Å². The summed E-state index contributed by atoms with van der Waals surface area (Å²) in [6, 6.07) is 6.56. The highest BCUT2D eigenvalue weighted by molar-refractivity contribution is 5.97. The average molecular weight is 367 g/mol. The number of benzene rings is 1. The van der Waals surface area contributed by atoms with E-state index in [1.54, 1.807) is 32.1 Å². The maximum Gasteiger partial charge on any atom is 0.326 e. The zero-order chi connectivity index (χ0) is 19.6. The summed E-state index contributed by atoms with van der Waals surface area (Å²) in [7, 11) is 3.60. The molecule has 0 radical (unpaired) electrons. The number of rotatable bonds is 6. The highest BCUT2D eigenvalue weighted by Crippen LogP contribution is 2.19. The van der Waals surface area contributed by atoms with Crippen molar-refractivity contribution in [2.24, 2.45) is 0 Å². The van der Waals surface area contributed by atoms with E-state index in [0.29, 0.717) is 11.6 Å². The molecule has 1 atom stereocenters. The minimum absolute atomic E-state index is 0.167. The van der Waals surface area contributed by atoms with E-state index in [0.717, 1.165) is 16.5 Å². The molecular weight excluding hydrogens is 346 g/mol. The van der Waals surface area contributed by atoms with Crippen LogP contribution in [0.25, 0.3) is 10.9 Å². The number of carboxylic acids is 1. The fraction of sp³-hybridized carbons (Fsp3) is 0.263. The molecule has 0 fully saturated rings. The number of aliphatic carboxylic acids is 1. The summed E-state index contributed by atoms with van der Waals surface area (Å²) >= 11 is 0. The zero-order valence-electron chi connectivity index (χ0n) is 15.4. The predicted molar refractivity (Wildman–Crippen MR) is 102 cm³/mol. The second-order valence-corrected chi connectivity index (χ2v) is 6.49. The van der Waals surface area contributed by atoms with Gasteiger partial charge in [-0.15, -0.1) is 0 Å². The SMILES string of the molecule is Cc1nc(N(C)C)ncc1C(=O)NC(Cc1c[nH]c2ccccc12)C(=O)O. The number of nitrogens with one attached hydrogen (secondary N) is 2. The molecule has 0 aliphatic heterocycles. The molecule has 27 heavy (non-hydrogen) atoms. The number of carboxylic acid groups (broad SMARTS) is 1. The van der Waals surface area contributed by atoms with Crippen molar-refractivity contribution in [1.29, 1.82) is 0 Å². The Labute approximate surface area is 156 Å². The van der Waals surface area contributed by atoms with E-state index in [-0.39, 0.29) is 12.0 Å². The standard InChI is InChI=1S/C19H21N5O3/c1-11-14(10-21-19(22-11)24(2)3)17(25)23-16(18(26)27)8-12-9-20-15-7-5-4-6-13(12)15/h4-7,9-10,16,20H,8H2,1-3H3,(H,23,25)(H,26,27). The van der Waals surface area contributed by atoms with Crippen molar-refractivity contribution in [2.75, 3.05) is 19.0 Å². The van der Waals surface area contributed by atoms with Crippen molar-refractivity contribution in [3.8, 4) is 0 Å². The van der Waals surface area contributed by atoms with Gasteiger partial charge in [0.2, 0.25) is 5.95 Å². The summed E-state index contributed by atoms with van der Waals surface area (Å²) in [5.74, 6) is -1.13. The lowest BCUT2D eigenvalue weighted by Crippen LogP contribution is -2.42. The summed E-state index contributed by atoms with van der Waals surface area (Å²) in [5.41, 5.74) is 2.49. The van der Waals surface area contributed by atoms with Crippen LogP contribution in [-0.2, 0) is 11.2 Å². The molecule has 8 nitrogen and oxygen atoms in total. The molecule has 2 heterocycles. The number of hydrogen-bond acceptors (Lipinski definition) is 5. The molecule has 0 spiro atoms. The van der Waals surface area contributed by atoms with Crippen molar-refractivity contribution in [2.45, 2.75) is 19.4 Å². The smallest absolute Gasteiger partial charge is 0.326 e. The van der Waals surface area contributed by atoms with Gasteiger partial charge in [0.25, 0.3) is 5.91 Å². The third-order valence-electron chi connectivity index (χ3n) is 4.31. The van der Waals surface area contributed by atoms with E-state index in [1.165, 1.54) is 6.20 Å². The first kappa shape index (κ1) is 18.4. The van der Waals surface area contributed by atoms with E-state index in [1.807, 2.05) is 24.3 Å². The number of hydrogen-bond donors (Lipinski definition) is 3. The molecule has 3 N–H and O–H groups in total. The third kappa shape index (κ3) is 3.89. The number of aromatic amines is 1. The van der Waals surface area contributed by atoms with E-state index in [2.05, 4.69) is 20.3 Å². The summed E-state index contributed by atoms with van der Waals surface area (Å²) in [6.07, 6.45) is 3.35. The van der Waals surface area contributed by atoms with Crippen LogP contribution in [0.3, 0.4) is 0 Å². The largest absolute Gasteiger partial charge is 0.480 e. The lowest BCUT2D eigenvalue weighted by molar-refractivity contribution is -0.139. The Morgan fingerprint density at radius 3 is 2.70 bits per heavy atom. The molecule has 140 valence electrons. The number of carbonyl (C=O) groups is 2. The van der Waals surface area contributed by atoms with Gasteiger partial charge >= 0.3 is 5.97 Å². The molecule has 2 aromatic heterocycles. The first-order valence-electron chi connectivity index (χ1n) is 8.46. The Bertz CT molecular complexity index is 996. The Hall–Kier alpha value is -3.42. The van der Waals surface area contributed by atoms with E-state index in [4.69, 9.17) is 0 Å². The van der Waals surface area contributed by atoms with Crippen LogP contribution in [0.2, 0.25) is 0 Å². The van der Waals surface area contributed by atoms with Gasteiger partial charge in [-0.25, -0.2) is 14.8 Å². The van der Waals surface area contributed by atoms with Crippen LogP contribution >= 0.6 is 0 Å². The van der Waals surface area contributed by atoms with Crippen molar-refractivity contribution in [3.63, 3.8) is 0 Å². The fourth-order valence-electron chi connectivity index (χ4n) is 2.85. The molecule has 8 heteroatoms. The summed E-state index contributed by atoms with van der Waals surface area (Å²) in [5, 5.41) is 13.1. The van der Waals surface area contributed by atoms with Gasteiger partial charge in [-0.3, -0.25) is 4.79 Å². The lowest BCUT2D eigenvalue weighted by atomic mass is 10.0. The zero-order valence-corrected chi connectivity index (χ0v) is 15.4. The fourth-order valence-corrected chi connectivity index (χ4v) is 2.85. The van der Waals surface area contributed by atoms with Crippen molar-refractivity contribution >= 4 is 28.7 Å². The van der Waals surface area contributed by atoms with Gasteiger partial charge in [-0.2, -0.15) is 0 Å². The lowest BCUT2D eigenvalue weighted by Gasteiger charge is -2.16. The topological polar surface area (TPSA) is 111 Å². The van der Waals surface area contributed by atoms with Gasteiger partial charge in [0.05, 0.1) is 11.3 Å². The molecule has 0 bridgehead atoms. The number of para-hydroxylation sites is 1. The third-order valence-corrected chi connectivity index (χ3v) is 4.31. The maximum absolute atomic E-state index is 12.6. The molecule has 3 aromatic rings. The van der Waals surface area contributed by atoms with Crippen LogP contribution in [0.4, 0.5) is 5.95 Å². The molecule has 1 unspecified atom stereocenters. The normalized spacial score (nSPS) is 12.0. The van der Waals surface area contributed by atoms with E-state index in [9.17, 15) is 14.7 Å². The first-order valence-corrected chi connectivity index (χ1v) is 8.46. The average Bonchev–Trinajstić information content (AvgIpc) is 3.03. The van der Waals surface area contributed by atoms with Gasteiger partial charge in [0.1, 0.15) is 6.04 Å². The van der Waals surface area contributed by atoms with Crippen LogP contribution < -0.4 is 10.2 Å². The van der Waals surface area contributed by atoms with Crippen LogP contribution in [0.15, 0.2) is 36.7 Å². The van der Waals surface area contributed by atoms with Gasteiger partial charge < -0.3 is 20.3 Å². The molecule has 0 saturated carbocycles. The van der Waals surface area contributed by atoms with Crippen LogP contribution in [0.5, 0.6) is 0 Å². The van der Waals surface area contributed by atoms with Crippen LogP contribution in [0.1, 0.15) is 21.6 Å². The number of carbonyl (C=O) groups excluding carboxylic acids is 1. The monoisotopic (exact) mass is 367 g/mol. The number of aryl methyl sites for hydroxylation is 1. The quantitative estimate of drug-likeness (QED) is 0.612. The summed E-state index contributed by atoms with van der Waals surface area (Å²) < 4.78 is 0. The van der Waals surface area contributed by atoms with Gasteiger partial charge in [-0.05, 0) is 18.6 Å². The molecule has 0 aliphatic rings. The van der Waals surface area contributed by atoms with E-state index >= 15 is 0 Å². The van der Waals surface area contributed by atoms with Crippen molar-refractivity contribution in [1.82, 2.24) is 20.3 Å². The molecular formula is C19H21N5O3. The van der Waals surface area contributed by atoms with Gasteiger partial charge in [-0.1, -0.05) is 18.2 Å². The second-order valence-electron chi connectivity index (χ2n) is 6.49. The molecule has 1 amide bonds. The number of amides is 1. The molecule has 0 aliphatic carbocycles. The minimum Gasteiger partial charge on any atom is -0.480 e. The van der Waals surface area contributed by atoms with Gasteiger partial charge in [0, 0.05) is 43.8 Å². The Morgan fingerprint density at radius 2 is 2.04 bits per heavy atom. The number of aromatic nitrogens is 3. The number of nitrogens with zero attached hydrogens (tertiary/aromatic N) is 3. The number of fused-ring (bicyclic) bond motifs is 1. The summed E-state index contributed by atoms with van der Waals surface area (Å²) in [4.78, 5) is 37.5. The van der Waals surface area contributed by atoms with Crippen LogP contribution in [0, 0.1) is 6.92 Å². The van der Waals surface area contributed by atoms with Gasteiger partial charge in [0.15, 0.2) is 0 Å². The second kappa shape index (κ2) is 7.45. The number of H-pyrrole nitrogens is 1. The maximum atomic E-state index is 12.6. The highest BCUT2D eigenvalue weighted by Gasteiger charge is 2.24. The highest BCUT2D eigenvalue weighted by atomic mass is 16.4. The van der Waals surface area contributed by atoms with E-state index < -0.39 is 17.9 Å². The minimum atomic E-state index is -1.10. The Morgan fingerprint density at radius 1 is 1.30 bits per heavy atom. The van der Waals surface area contributed by atoms with Crippen LogP contribution in [-0.4, -0.2) is 52.1 Å². The Kier molecular flexibility index (Phi) is 5.07.